The molecule has 164 valence electrons. The van der Waals surface area contributed by atoms with Crippen molar-refractivity contribution in [2.75, 3.05) is 41.0 Å². The van der Waals surface area contributed by atoms with Gasteiger partial charge >= 0.3 is 6.61 Å². The highest BCUT2D eigenvalue weighted by Crippen LogP contribution is 2.38. The fraction of sp³-hybridized carbons (Fsp3) is 0.650. The molecule has 29 heavy (non-hydrogen) atoms. The Morgan fingerprint density at radius 1 is 1.10 bits per heavy atom. The van der Waals surface area contributed by atoms with Gasteiger partial charge in [0.25, 0.3) is 0 Å². The van der Waals surface area contributed by atoms with Gasteiger partial charge in [-0.3, -0.25) is 4.99 Å². The number of unbranched alkanes of at least 4 members (excludes halogenated alkanes) is 4. The van der Waals surface area contributed by atoms with Gasteiger partial charge in [0, 0.05) is 31.8 Å². The van der Waals surface area contributed by atoms with Crippen molar-refractivity contribution in [2.45, 2.75) is 45.3 Å². The third-order valence-corrected chi connectivity index (χ3v) is 4.52. The van der Waals surface area contributed by atoms with Crippen LogP contribution in [-0.2, 0) is 6.54 Å². The van der Waals surface area contributed by atoms with Crippen molar-refractivity contribution in [3.8, 4) is 17.2 Å². The van der Waals surface area contributed by atoms with Crippen LogP contribution in [0.5, 0.6) is 17.2 Å². The number of alkyl halides is 2. The quantitative estimate of drug-likeness (QED) is 0.311. The molecule has 0 radical (unpaired) electrons. The number of ether oxygens (including phenoxy) is 3. The lowest BCUT2D eigenvalue weighted by Crippen LogP contribution is -2.37. The van der Waals surface area contributed by atoms with Crippen molar-refractivity contribution in [2.24, 2.45) is 4.99 Å². The SMILES string of the molecule is CN=C(NCCCCCCCN(C)C)NCc1cc2c(cc1OC(F)F)OCO2. The van der Waals surface area contributed by atoms with Crippen LogP contribution in [0.3, 0.4) is 0 Å². The Bertz CT molecular complexity index is 657. The summed E-state index contributed by atoms with van der Waals surface area (Å²) in [7, 11) is 5.86. The van der Waals surface area contributed by atoms with E-state index >= 15 is 0 Å². The normalized spacial score (nSPS) is 13.3. The van der Waals surface area contributed by atoms with E-state index in [1.807, 2.05) is 0 Å². The van der Waals surface area contributed by atoms with Gasteiger partial charge in [0.1, 0.15) is 5.75 Å². The minimum Gasteiger partial charge on any atom is -0.454 e. The summed E-state index contributed by atoms with van der Waals surface area (Å²) in [5.41, 5.74) is 0.540. The molecule has 1 heterocycles. The molecular formula is C20H32F2N4O3. The highest BCUT2D eigenvalue weighted by Gasteiger charge is 2.20. The molecule has 0 atom stereocenters. The van der Waals surface area contributed by atoms with Crippen LogP contribution in [0.4, 0.5) is 8.78 Å². The van der Waals surface area contributed by atoms with Crippen molar-refractivity contribution in [3.05, 3.63) is 17.7 Å². The average molecular weight is 414 g/mol. The van der Waals surface area contributed by atoms with Crippen LogP contribution in [-0.4, -0.2) is 58.5 Å². The first-order valence-corrected chi connectivity index (χ1v) is 9.96. The Balaban J connectivity index is 1.75. The summed E-state index contributed by atoms with van der Waals surface area (Å²) in [6, 6.07) is 3.08. The molecule has 0 spiro atoms. The monoisotopic (exact) mass is 414 g/mol. The molecule has 1 aromatic carbocycles. The second-order valence-electron chi connectivity index (χ2n) is 7.12. The Morgan fingerprint density at radius 3 is 2.48 bits per heavy atom. The molecular weight excluding hydrogens is 382 g/mol. The second-order valence-corrected chi connectivity index (χ2v) is 7.12. The smallest absolute Gasteiger partial charge is 0.387 e. The summed E-state index contributed by atoms with van der Waals surface area (Å²) < 4.78 is 40.6. The predicted molar refractivity (Wildman–Crippen MR) is 109 cm³/mol. The molecule has 0 aromatic heterocycles. The standard InChI is InChI=1S/C20H32F2N4O3/c1-23-20(24-9-7-5-4-6-8-10-26(2)3)25-13-15-11-17-18(28-14-27-17)12-16(15)29-19(21)22/h11-12,19H,4-10,13-14H2,1-3H3,(H2,23,24,25). The van der Waals surface area contributed by atoms with E-state index in [-0.39, 0.29) is 19.1 Å². The molecule has 0 unspecified atom stereocenters. The molecule has 9 heteroatoms. The summed E-state index contributed by atoms with van der Waals surface area (Å²) in [6.45, 7) is -0.646. The third-order valence-electron chi connectivity index (χ3n) is 4.52. The number of rotatable bonds is 12. The molecule has 0 fully saturated rings. The van der Waals surface area contributed by atoms with Crippen molar-refractivity contribution >= 4 is 5.96 Å². The molecule has 2 rings (SSSR count). The van der Waals surface area contributed by atoms with E-state index < -0.39 is 6.61 Å². The summed E-state index contributed by atoms with van der Waals surface area (Å²) in [5.74, 6) is 1.58. The van der Waals surface area contributed by atoms with Crippen LogP contribution >= 0.6 is 0 Å². The largest absolute Gasteiger partial charge is 0.454 e. The lowest BCUT2D eigenvalue weighted by molar-refractivity contribution is -0.0505. The van der Waals surface area contributed by atoms with Gasteiger partial charge in [0.2, 0.25) is 6.79 Å². The zero-order valence-electron chi connectivity index (χ0n) is 17.5. The highest BCUT2D eigenvalue weighted by molar-refractivity contribution is 5.79. The molecule has 2 N–H and O–H groups in total. The second kappa shape index (κ2) is 12.3. The number of benzene rings is 1. The molecule has 1 aliphatic rings. The first-order chi connectivity index (χ1) is 14.0. The van der Waals surface area contributed by atoms with E-state index in [1.165, 1.54) is 25.3 Å². The first kappa shape index (κ1) is 23.0. The van der Waals surface area contributed by atoms with Crippen molar-refractivity contribution in [1.29, 1.82) is 0 Å². The number of guanidine groups is 1. The van der Waals surface area contributed by atoms with Crippen molar-refractivity contribution in [3.63, 3.8) is 0 Å². The molecule has 0 aliphatic carbocycles. The van der Waals surface area contributed by atoms with E-state index in [0.717, 1.165) is 25.9 Å². The van der Waals surface area contributed by atoms with E-state index in [9.17, 15) is 8.78 Å². The van der Waals surface area contributed by atoms with Crippen LogP contribution < -0.4 is 24.8 Å². The zero-order valence-corrected chi connectivity index (χ0v) is 17.5. The Morgan fingerprint density at radius 2 is 1.79 bits per heavy atom. The number of nitrogens with one attached hydrogen (secondary N) is 2. The van der Waals surface area contributed by atoms with Crippen LogP contribution in [0.2, 0.25) is 0 Å². The summed E-state index contributed by atoms with van der Waals surface area (Å²) in [4.78, 5) is 6.38. The van der Waals surface area contributed by atoms with E-state index in [2.05, 4.69) is 39.4 Å². The molecule has 1 aliphatic heterocycles. The number of fused-ring (bicyclic) bond motifs is 1. The number of hydrogen-bond acceptors (Lipinski definition) is 5. The summed E-state index contributed by atoms with van der Waals surface area (Å²) >= 11 is 0. The Hall–Kier alpha value is -2.29. The van der Waals surface area contributed by atoms with Gasteiger partial charge in [-0.1, -0.05) is 19.3 Å². The molecule has 0 saturated carbocycles. The maximum absolute atomic E-state index is 12.7. The highest BCUT2D eigenvalue weighted by atomic mass is 19.3. The number of halogens is 2. The molecule has 7 nitrogen and oxygen atoms in total. The number of aliphatic imine (C=N–C) groups is 1. The first-order valence-electron chi connectivity index (χ1n) is 9.96. The van der Waals surface area contributed by atoms with Gasteiger partial charge in [0.05, 0.1) is 0 Å². The molecule has 0 amide bonds. The average Bonchev–Trinajstić information content (AvgIpc) is 3.12. The van der Waals surface area contributed by atoms with Crippen LogP contribution in [0.25, 0.3) is 0 Å². The summed E-state index contributed by atoms with van der Waals surface area (Å²) in [6.07, 6.45) is 5.88. The fourth-order valence-electron chi connectivity index (χ4n) is 3.00. The topological polar surface area (TPSA) is 67.4 Å². The minimum atomic E-state index is -2.91. The van der Waals surface area contributed by atoms with Gasteiger partial charge in [-0.05, 0) is 39.5 Å². The lowest BCUT2D eigenvalue weighted by Gasteiger charge is -2.15. The number of nitrogens with zero attached hydrogens (tertiary/aromatic N) is 2. The maximum Gasteiger partial charge on any atom is 0.387 e. The fourth-order valence-corrected chi connectivity index (χ4v) is 3.00. The van der Waals surface area contributed by atoms with Crippen LogP contribution in [0.15, 0.2) is 17.1 Å². The van der Waals surface area contributed by atoms with E-state index in [1.54, 1.807) is 13.1 Å². The van der Waals surface area contributed by atoms with Gasteiger partial charge in [0.15, 0.2) is 17.5 Å². The lowest BCUT2D eigenvalue weighted by atomic mass is 10.1. The van der Waals surface area contributed by atoms with E-state index in [4.69, 9.17) is 9.47 Å². The Kier molecular flexibility index (Phi) is 9.76. The molecule has 0 bridgehead atoms. The summed E-state index contributed by atoms with van der Waals surface area (Å²) in [5, 5.41) is 6.37. The predicted octanol–water partition coefficient (Wildman–Crippen LogP) is 3.19. The van der Waals surface area contributed by atoms with Gasteiger partial charge < -0.3 is 29.7 Å². The molecule has 0 saturated heterocycles. The molecule has 1 aromatic rings. The van der Waals surface area contributed by atoms with Crippen molar-refractivity contribution in [1.82, 2.24) is 15.5 Å². The van der Waals surface area contributed by atoms with Crippen LogP contribution in [0.1, 0.15) is 37.7 Å². The van der Waals surface area contributed by atoms with Gasteiger partial charge in [-0.15, -0.1) is 0 Å². The van der Waals surface area contributed by atoms with Gasteiger partial charge in [-0.25, -0.2) is 0 Å². The van der Waals surface area contributed by atoms with Gasteiger partial charge in [-0.2, -0.15) is 8.78 Å². The number of hydrogen-bond donors (Lipinski definition) is 2. The third kappa shape index (κ3) is 8.31. The van der Waals surface area contributed by atoms with Crippen LogP contribution in [0, 0.1) is 0 Å². The van der Waals surface area contributed by atoms with Crippen molar-refractivity contribution < 1.29 is 23.0 Å². The minimum absolute atomic E-state index is 0.0601. The van der Waals surface area contributed by atoms with E-state index in [0.29, 0.717) is 23.0 Å². The zero-order chi connectivity index (χ0) is 21.1. The maximum atomic E-state index is 12.7. The Labute approximate surface area is 171 Å².